The third kappa shape index (κ3) is 3.97. The Hall–Kier alpha value is -4.14. The van der Waals surface area contributed by atoms with Crippen molar-refractivity contribution in [1.82, 2.24) is 19.6 Å². The number of amides is 3. The standard InChI is InChI=1S/C22H23N7O2/c1-4-29-20(21(30)25-18-12-23-28(3)14(18)2)19(13-24-29)27-22(31)26-17-11-7-9-15-8-5-6-10-16(15)17/h5-13H,4H2,1-3H3,(H,25,30)(H2,26,27,31). The van der Waals surface area contributed by atoms with E-state index >= 15 is 0 Å². The lowest BCUT2D eigenvalue weighted by Gasteiger charge is -2.12. The molecule has 0 aliphatic carbocycles. The highest BCUT2D eigenvalue weighted by Crippen LogP contribution is 2.24. The summed E-state index contributed by atoms with van der Waals surface area (Å²) in [7, 11) is 1.80. The normalized spacial score (nSPS) is 10.8. The number of carbonyl (C=O) groups is 2. The third-order valence-electron chi connectivity index (χ3n) is 5.12. The van der Waals surface area contributed by atoms with Gasteiger partial charge in [-0.1, -0.05) is 36.4 Å². The second kappa shape index (κ2) is 8.31. The Kier molecular flexibility index (Phi) is 5.40. The van der Waals surface area contributed by atoms with Crippen molar-refractivity contribution in [3.05, 3.63) is 66.2 Å². The van der Waals surface area contributed by atoms with Crippen molar-refractivity contribution >= 4 is 39.8 Å². The van der Waals surface area contributed by atoms with E-state index in [9.17, 15) is 9.59 Å². The first-order valence-electron chi connectivity index (χ1n) is 9.89. The largest absolute Gasteiger partial charge is 0.323 e. The lowest BCUT2D eigenvalue weighted by molar-refractivity contribution is 0.101. The first-order valence-corrected chi connectivity index (χ1v) is 9.89. The van der Waals surface area contributed by atoms with Gasteiger partial charge >= 0.3 is 6.03 Å². The second-order valence-electron chi connectivity index (χ2n) is 7.05. The van der Waals surface area contributed by atoms with Crippen LogP contribution in [0.2, 0.25) is 0 Å². The first kappa shape index (κ1) is 20.1. The molecule has 9 nitrogen and oxygen atoms in total. The molecule has 0 fully saturated rings. The number of nitrogens with one attached hydrogen (secondary N) is 3. The zero-order chi connectivity index (χ0) is 22.0. The molecule has 2 aromatic heterocycles. The average molecular weight is 417 g/mol. The maximum absolute atomic E-state index is 13.0. The number of benzene rings is 2. The summed E-state index contributed by atoms with van der Waals surface area (Å²) in [6.45, 7) is 4.21. The maximum Gasteiger partial charge on any atom is 0.323 e. The van der Waals surface area contributed by atoms with Crippen LogP contribution in [0.3, 0.4) is 0 Å². The number of aromatic nitrogens is 4. The Morgan fingerprint density at radius 2 is 1.61 bits per heavy atom. The van der Waals surface area contributed by atoms with Crippen molar-refractivity contribution < 1.29 is 9.59 Å². The summed E-state index contributed by atoms with van der Waals surface area (Å²) in [4.78, 5) is 25.7. The quantitative estimate of drug-likeness (QED) is 0.456. The van der Waals surface area contributed by atoms with E-state index in [-0.39, 0.29) is 11.6 Å². The van der Waals surface area contributed by atoms with E-state index in [0.717, 1.165) is 16.5 Å². The molecule has 31 heavy (non-hydrogen) atoms. The summed E-state index contributed by atoms with van der Waals surface area (Å²) in [6.07, 6.45) is 3.05. The van der Waals surface area contributed by atoms with E-state index < -0.39 is 6.03 Å². The van der Waals surface area contributed by atoms with Crippen molar-refractivity contribution in [2.75, 3.05) is 16.0 Å². The molecule has 4 rings (SSSR count). The average Bonchev–Trinajstić information content (AvgIpc) is 3.31. The van der Waals surface area contributed by atoms with Gasteiger partial charge in [0.2, 0.25) is 0 Å². The molecule has 0 aliphatic rings. The second-order valence-corrected chi connectivity index (χ2v) is 7.05. The van der Waals surface area contributed by atoms with Gasteiger partial charge in [0.15, 0.2) is 0 Å². The number of urea groups is 1. The van der Waals surface area contributed by atoms with Crippen molar-refractivity contribution in [2.24, 2.45) is 7.05 Å². The lowest BCUT2D eigenvalue weighted by atomic mass is 10.1. The minimum absolute atomic E-state index is 0.263. The maximum atomic E-state index is 13.0. The topological polar surface area (TPSA) is 106 Å². The van der Waals surface area contributed by atoms with Crippen molar-refractivity contribution in [1.29, 1.82) is 0 Å². The van der Waals surface area contributed by atoms with Gasteiger partial charge in [0.25, 0.3) is 5.91 Å². The van der Waals surface area contributed by atoms with Crippen molar-refractivity contribution in [3.63, 3.8) is 0 Å². The van der Waals surface area contributed by atoms with Crippen LogP contribution in [-0.2, 0) is 13.6 Å². The van der Waals surface area contributed by atoms with E-state index in [2.05, 4.69) is 26.1 Å². The van der Waals surface area contributed by atoms with Crippen molar-refractivity contribution in [3.8, 4) is 0 Å². The fourth-order valence-electron chi connectivity index (χ4n) is 3.37. The molecular weight excluding hydrogens is 394 g/mol. The SMILES string of the molecule is CCn1ncc(NC(=O)Nc2cccc3ccccc23)c1C(=O)Nc1cnn(C)c1C. The summed E-state index contributed by atoms with van der Waals surface area (Å²) in [5.74, 6) is -0.379. The summed E-state index contributed by atoms with van der Waals surface area (Å²) in [6, 6.07) is 13.0. The smallest absolute Gasteiger partial charge is 0.318 e. The predicted molar refractivity (Wildman–Crippen MR) is 120 cm³/mol. The Bertz CT molecular complexity index is 1270. The van der Waals surface area contributed by atoms with E-state index in [1.54, 1.807) is 17.9 Å². The predicted octanol–water partition coefficient (Wildman–Crippen LogP) is 3.99. The molecule has 9 heteroatoms. The lowest BCUT2D eigenvalue weighted by Crippen LogP contribution is -2.23. The molecular formula is C22H23N7O2. The number of fused-ring (bicyclic) bond motifs is 1. The van der Waals surface area contributed by atoms with Gasteiger partial charge in [-0.25, -0.2) is 4.79 Å². The molecule has 0 saturated heterocycles. The summed E-state index contributed by atoms with van der Waals surface area (Å²) in [5.41, 5.74) is 2.68. The number of anilines is 3. The van der Waals surface area contributed by atoms with E-state index in [1.807, 2.05) is 56.3 Å². The molecule has 4 aromatic rings. The molecule has 0 atom stereocenters. The van der Waals surface area contributed by atoms with Gasteiger partial charge in [0.1, 0.15) is 5.69 Å². The van der Waals surface area contributed by atoms with Gasteiger partial charge in [0.05, 0.1) is 35.1 Å². The highest BCUT2D eigenvalue weighted by atomic mass is 16.2. The van der Waals surface area contributed by atoms with Crippen LogP contribution in [0, 0.1) is 6.92 Å². The number of hydrogen-bond donors (Lipinski definition) is 3. The Labute approximate surface area is 179 Å². The number of hydrogen-bond acceptors (Lipinski definition) is 4. The van der Waals surface area contributed by atoms with Crippen LogP contribution >= 0.6 is 0 Å². The molecule has 0 radical (unpaired) electrons. The number of rotatable bonds is 5. The van der Waals surface area contributed by atoms with E-state index in [1.165, 1.54) is 10.9 Å². The highest BCUT2D eigenvalue weighted by molar-refractivity contribution is 6.11. The molecule has 0 unspecified atom stereocenters. The number of nitrogens with zero attached hydrogens (tertiary/aromatic N) is 4. The minimum atomic E-state index is -0.460. The first-order chi connectivity index (χ1) is 15.0. The summed E-state index contributed by atoms with van der Waals surface area (Å²) >= 11 is 0. The number of aryl methyl sites for hydroxylation is 2. The molecule has 0 spiro atoms. The Morgan fingerprint density at radius 1 is 0.903 bits per heavy atom. The van der Waals surface area contributed by atoms with E-state index in [0.29, 0.717) is 23.6 Å². The summed E-state index contributed by atoms with van der Waals surface area (Å²) < 4.78 is 3.21. The van der Waals surface area contributed by atoms with Crippen LogP contribution in [0.15, 0.2) is 54.9 Å². The zero-order valence-electron chi connectivity index (χ0n) is 17.5. The van der Waals surface area contributed by atoms with Crippen molar-refractivity contribution in [2.45, 2.75) is 20.4 Å². The van der Waals surface area contributed by atoms with E-state index in [4.69, 9.17) is 0 Å². The monoisotopic (exact) mass is 417 g/mol. The van der Waals surface area contributed by atoms with Gasteiger partial charge in [-0.2, -0.15) is 10.2 Å². The molecule has 2 heterocycles. The van der Waals surface area contributed by atoms with Crippen LogP contribution in [-0.4, -0.2) is 31.5 Å². The molecule has 3 amide bonds. The zero-order valence-corrected chi connectivity index (χ0v) is 17.5. The van der Waals surface area contributed by atoms with Gasteiger partial charge < -0.3 is 16.0 Å². The van der Waals surface area contributed by atoms with Crippen LogP contribution in [0.1, 0.15) is 23.1 Å². The van der Waals surface area contributed by atoms with Gasteiger partial charge in [-0.05, 0) is 25.3 Å². The van der Waals surface area contributed by atoms with Gasteiger partial charge in [0, 0.05) is 19.0 Å². The summed E-state index contributed by atoms with van der Waals surface area (Å²) in [5, 5.41) is 18.8. The highest BCUT2D eigenvalue weighted by Gasteiger charge is 2.21. The fourth-order valence-corrected chi connectivity index (χ4v) is 3.37. The molecule has 2 aromatic carbocycles. The molecule has 3 N–H and O–H groups in total. The van der Waals surface area contributed by atoms with Crippen LogP contribution in [0.25, 0.3) is 10.8 Å². The van der Waals surface area contributed by atoms with Gasteiger partial charge in [-0.15, -0.1) is 0 Å². The molecule has 158 valence electrons. The Morgan fingerprint density at radius 3 is 2.35 bits per heavy atom. The molecule has 0 aliphatic heterocycles. The Balaban J connectivity index is 1.56. The molecule has 0 saturated carbocycles. The minimum Gasteiger partial charge on any atom is -0.318 e. The number of carbonyl (C=O) groups excluding carboxylic acids is 2. The van der Waals surface area contributed by atoms with Crippen LogP contribution in [0.5, 0.6) is 0 Å². The van der Waals surface area contributed by atoms with Crippen LogP contribution in [0.4, 0.5) is 21.9 Å². The fraction of sp³-hybridized carbons (Fsp3) is 0.182. The van der Waals surface area contributed by atoms with Crippen LogP contribution < -0.4 is 16.0 Å². The van der Waals surface area contributed by atoms with Gasteiger partial charge in [-0.3, -0.25) is 14.2 Å². The molecule has 0 bridgehead atoms. The third-order valence-corrected chi connectivity index (χ3v) is 5.12.